The van der Waals surface area contributed by atoms with E-state index in [9.17, 15) is 0 Å². The van der Waals surface area contributed by atoms with Gasteiger partial charge in [-0.3, -0.25) is 0 Å². The minimum atomic E-state index is 0.343. The van der Waals surface area contributed by atoms with Gasteiger partial charge in [-0.25, -0.2) is 0 Å². The summed E-state index contributed by atoms with van der Waals surface area (Å²) >= 11 is 0. The summed E-state index contributed by atoms with van der Waals surface area (Å²) in [6, 6.07) is 39.2. The summed E-state index contributed by atoms with van der Waals surface area (Å²) in [5.41, 5.74) is 1.26. The zero-order valence-corrected chi connectivity index (χ0v) is 29.6. The van der Waals surface area contributed by atoms with Crippen molar-refractivity contribution in [2.45, 2.75) is 45.2 Å². The van der Waals surface area contributed by atoms with E-state index in [1.165, 1.54) is 5.57 Å². The molecule has 0 saturated carbocycles. The lowest BCUT2D eigenvalue weighted by Gasteiger charge is -2.01. The van der Waals surface area contributed by atoms with Gasteiger partial charge in [-0.05, 0) is 61.4 Å². The molecule has 4 saturated heterocycles. The van der Waals surface area contributed by atoms with Crippen LogP contribution in [0.5, 0.6) is 23.0 Å². The zero-order valence-electron chi connectivity index (χ0n) is 29.6. The standard InChI is InChI=1S/4C9H10O2.C6H12/c4*1-2-4-8(5-3-1)10-6-9-7-11-9;1-5(2)6(3)4/h4*1-5,9H,6-7H2;6H,1H2,2-4H3. The Bertz CT molecular complexity index is 1210. The van der Waals surface area contributed by atoms with Gasteiger partial charge >= 0.3 is 0 Å². The molecule has 0 bridgehead atoms. The lowest BCUT2D eigenvalue weighted by atomic mass is 10.1. The van der Waals surface area contributed by atoms with Gasteiger partial charge in [0.1, 0.15) is 73.8 Å². The van der Waals surface area contributed by atoms with Gasteiger partial charge in [0.05, 0.1) is 26.4 Å². The highest BCUT2D eigenvalue weighted by Crippen LogP contribution is 2.16. The van der Waals surface area contributed by atoms with Gasteiger partial charge in [-0.2, -0.15) is 0 Å². The van der Waals surface area contributed by atoms with Crippen LogP contribution in [0.2, 0.25) is 0 Å². The van der Waals surface area contributed by atoms with E-state index < -0.39 is 0 Å². The zero-order chi connectivity index (χ0) is 35.2. The predicted octanol–water partition coefficient (Wildman–Crippen LogP) is 8.08. The number of hydrogen-bond donors (Lipinski definition) is 0. The smallest absolute Gasteiger partial charge is 0.119 e. The van der Waals surface area contributed by atoms with Crippen LogP contribution in [-0.4, -0.2) is 77.3 Å². The van der Waals surface area contributed by atoms with Crippen molar-refractivity contribution in [3.63, 3.8) is 0 Å². The molecule has 50 heavy (non-hydrogen) atoms. The van der Waals surface area contributed by atoms with E-state index in [1.54, 1.807) is 0 Å². The van der Waals surface area contributed by atoms with Crippen molar-refractivity contribution in [3.8, 4) is 23.0 Å². The van der Waals surface area contributed by atoms with E-state index in [0.717, 1.165) is 49.4 Å². The van der Waals surface area contributed by atoms with Crippen LogP contribution in [-0.2, 0) is 18.9 Å². The number of para-hydroxylation sites is 4. The van der Waals surface area contributed by atoms with Gasteiger partial charge in [0.15, 0.2) is 0 Å². The Kier molecular flexibility index (Phi) is 17.2. The summed E-state index contributed by atoms with van der Waals surface area (Å²) in [5.74, 6) is 4.34. The maximum atomic E-state index is 5.40. The summed E-state index contributed by atoms with van der Waals surface area (Å²) in [5, 5.41) is 0. The summed E-state index contributed by atoms with van der Waals surface area (Å²) in [7, 11) is 0. The fourth-order valence-corrected chi connectivity index (χ4v) is 3.48. The molecule has 8 rings (SSSR count). The van der Waals surface area contributed by atoms with Crippen molar-refractivity contribution in [3.05, 3.63) is 133 Å². The van der Waals surface area contributed by atoms with Crippen LogP contribution in [0.25, 0.3) is 0 Å². The van der Waals surface area contributed by atoms with Gasteiger partial charge in [0.2, 0.25) is 0 Å². The topological polar surface area (TPSA) is 87.0 Å². The van der Waals surface area contributed by atoms with Crippen molar-refractivity contribution in [1.82, 2.24) is 0 Å². The molecule has 0 aromatic heterocycles. The van der Waals surface area contributed by atoms with Crippen molar-refractivity contribution >= 4 is 0 Å². The fourth-order valence-electron chi connectivity index (χ4n) is 3.48. The quantitative estimate of drug-likeness (QED) is 0.103. The third-order valence-corrected chi connectivity index (χ3v) is 7.31. The van der Waals surface area contributed by atoms with Crippen LogP contribution in [0.3, 0.4) is 0 Å². The summed E-state index contributed by atoms with van der Waals surface area (Å²) in [4.78, 5) is 0. The molecule has 0 aliphatic carbocycles. The third kappa shape index (κ3) is 19.6. The van der Waals surface area contributed by atoms with E-state index in [-0.39, 0.29) is 0 Å². The molecule has 4 heterocycles. The van der Waals surface area contributed by atoms with Crippen LogP contribution in [0.15, 0.2) is 133 Å². The molecule has 4 aliphatic rings. The Labute approximate surface area is 297 Å². The van der Waals surface area contributed by atoms with Crippen LogP contribution in [0, 0.1) is 5.92 Å². The van der Waals surface area contributed by atoms with Gasteiger partial charge in [-0.1, -0.05) is 98.8 Å². The minimum absolute atomic E-state index is 0.343. The van der Waals surface area contributed by atoms with Crippen molar-refractivity contribution < 1.29 is 37.9 Å². The number of benzene rings is 4. The van der Waals surface area contributed by atoms with Gasteiger partial charge in [-0.15, -0.1) is 0 Å². The Morgan fingerprint density at radius 2 is 0.660 bits per heavy atom. The number of hydrogen-bond acceptors (Lipinski definition) is 8. The first-order valence-electron chi connectivity index (χ1n) is 17.3. The molecule has 0 amide bonds. The largest absolute Gasteiger partial charge is 0.491 e. The first-order valence-corrected chi connectivity index (χ1v) is 17.3. The van der Waals surface area contributed by atoms with E-state index in [2.05, 4.69) is 20.4 Å². The minimum Gasteiger partial charge on any atom is -0.491 e. The normalized spacial score (nSPS) is 19.8. The summed E-state index contributed by atoms with van der Waals surface area (Å²) in [6.45, 7) is 16.2. The van der Waals surface area contributed by atoms with Gasteiger partial charge < -0.3 is 37.9 Å². The van der Waals surface area contributed by atoms with Crippen LogP contribution in [0.1, 0.15) is 20.8 Å². The average Bonchev–Trinajstić information content (AvgIpc) is 3.96. The average molecular weight is 685 g/mol. The second kappa shape index (κ2) is 22.4. The molecule has 4 unspecified atom stereocenters. The maximum absolute atomic E-state index is 5.40. The molecule has 0 radical (unpaired) electrons. The first-order chi connectivity index (χ1) is 24.4. The lowest BCUT2D eigenvalue weighted by Crippen LogP contribution is -2.03. The third-order valence-electron chi connectivity index (χ3n) is 7.31. The number of epoxide rings is 4. The van der Waals surface area contributed by atoms with Crippen LogP contribution >= 0.6 is 0 Å². The molecular weight excluding hydrogens is 632 g/mol. The van der Waals surface area contributed by atoms with Gasteiger partial charge in [0.25, 0.3) is 0 Å². The second-order valence-corrected chi connectivity index (χ2v) is 12.3. The molecule has 0 spiro atoms. The maximum Gasteiger partial charge on any atom is 0.119 e. The molecule has 4 aliphatic heterocycles. The highest BCUT2D eigenvalue weighted by atomic mass is 16.6. The fraction of sp³-hybridized carbons (Fsp3) is 0.381. The molecule has 8 nitrogen and oxygen atoms in total. The van der Waals surface area contributed by atoms with Crippen molar-refractivity contribution in [2.24, 2.45) is 5.92 Å². The molecule has 4 aromatic carbocycles. The molecule has 268 valence electrons. The monoisotopic (exact) mass is 684 g/mol. The van der Waals surface area contributed by atoms with E-state index in [0.29, 0.717) is 56.8 Å². The lowest BCUT2D eigenvalue weighted by molar-refractivity contribution is 0.263. The molecular formula is C42H52O8. The first kappa shape index (κ1) is 38.5. The van der Waals surface area contributed by atoms with Crippen molar-refractivity contribution in [1.29, 1.82) is 0 Å². The molecule has 4 atom stereocenters. The Balaban J connectivity index is 0.000000143. The molecule has 8 heteroatoms. The number of ether oxygens (including phenoxy) is 8. The Morgan fingerprint density at radius 3 is 0.800 bits per heavy atom. The van der Waals surface area contributed by atoms with Crippen molar-refractivity contribution in [2.75, 3.05) is 52.9 Å². The highest BCUT2D eigenvalue weighted by Gasteiger charge is 2.24. The highest BCUT2D eigenvalue weighted by molar-refractivity contribution is 5.23. The van der Waals surface area contributed by atoms with E-state index in [4.69, 9.17) is 37.9 Å². The molecule has 4 fully saturated rings. The Morgan fingerprint density at radius 1 is 0.480 bits per heavy atom. The van der Waals surface area contributed by atoms with Crippen LogP contribution in [0.4, 0.5) is 0 Å². The molecule has 0 N–H and O–H groups in total. The SMILES string of the molecule is C=C(C)C(C)C.c1ccc(OCC2CO2)cc1.c1ccc(OCC2CO2)cc1.c1ccc(OCC2CO2)cc1.c1ccc(OCC2CO2)cc1. The Hall–Kier alpha value is -4.34. The second-order valence-electron chi connectivity index (χ2n) is 12.3. The van der Waals surface area contributed by atoms with Crippen LogP contribution < -0.4 is 18.9 Å². The predicted molar refractivity (Wildman–Crippen MR) is 196 cm³/mol. The molecule has 4 aromatic rings. The van der Waals surface area contributed by atoms with E-state index in [1.807, 2.05) is 128 Å². The van der Waals surface area contributed by atoms with Gasteiger partial charge in [0, 0.05) is 0 Å². The van der Waals surface area contributed by atoms with E-state index >= 15 is 0 Å². The number of rotatable bonds is 13. The number of allylic oxidation sites excluding steroid dienone is 1. The summed E-state index contributed by atoms with van der Waals surface area (Å²) < 4.78 is 41.6. The summed E-state index contributed by atoms with van der Waals surface area (Å²) in [6.07, 6.45) is 1.37.